The van der Waals surface area contributed by atoms with Gasteiger partial charge in [0.2, 0.25) is 5.75 Å². The van der Waals surface area contributed by atoms with Crippen molar-refractivity contribution in [1.29, 1.82) is 0 Å². The molecule has 0 unspecified atom stereocenters. The van der Waals surface area contributed by atoms with E-state index in [4.69, 9.17) is 9.47 Å². The molecule has 1 heterocycles. The monoisotopic (exact) mass is 292 g/mol. The lowest BCUT2D eigenvalue weighted by molar-refractivity contribution is -0.384. The molecule has 7 heteroatoms. The lowest BCUT2D eigenvalue weighted by Gasteiger charge is -2.08. The number of esters is 1. The van der Waals surface area contributed by atoms with Gasteiger partial charge >= 0.3 is 11.7 Å². The van der Waals surface area contributed by atoms with E-state index in [9.17, 15) is 14.9 Å². The molecule has 0 saturated heterocycles. The number of methoxy groups -OCH3 is 2. The van der Waals surface area contributed by atoms with Gasteiger partial charge in [-0.25, -0.2) is 4.79 Å². The summed E-state index contributed by atoms with van der Waals surface area (Å²) in [5.74, 6) is -0.449. The molecule has 21 heavy (non-hydrogen) atoms. The van der Waals surface area contributed by atoms with Crippen LogP contribution in [-0.2, 0) is 11.8 Å². The summed E-state index contributed by atoms with van der Waals surface area (Å²) >= 11 is 0. The van der Waals surface area contributed by atoms with Crippen LogP contribution in [0.4, 0.5) is 5.69 Å². The summed E-state index contributed by atoms with van der Waals surface area (Å²) in [6, 6.07) is 1.76. The van der Waals surface area contributed by atoms with Crippen molar-refractivity contribution in [2.24, 2.45) is 7.05 Å². The van der Waals surface area contributed by atoms with Crippen LogP contribution in [0.3, 0.4) is 0 Å². The lowest BCUT2D eigenvalue weighted by atomic mass is 10.1. The number of nitro benzene ring substituents is 1. The normalized spacial score (nSPS) is 10.7. The van der Waals surface area contributed by atoms with Gasteiger partial charge < -0.3 is 14.0 Å². The number of nitrogens with zero attached hydrogens (tertiary/aromatic N) is 2. The van der Waals surface area contributed by atoms with Crippen LogP contribution < -0.4 is 4.74 Å². The highest BCUT2D eigenvalue weighted by Gasteiger charge is 2.31. The molecule has 0 radical (unpaired) electrons. The topological polar surface area (TPSA) is 83.6 Å². The van der Waals surface area contributed by atoms with Crippen LogP contribution in [0.5, 0.6) is 5.75 Å². The first-order valence-corrected chi connectivity index (χ1v) is 6.24. The van der Waals surface area contributed by atoms with Gasteiger partial charge in [-0.3, -0.25) is 10.1 Å². The van der Waals surface area contributed by atoms with Crippen molar-refractivity contribution >= 4 is 22.6 Å². The van der Waals surface area contributed by atoms with Crippen molar-refractivity contribution in [3.8, 4) is 5.75 Å². The van der Waals surface area contributed by atoms with E-state index in [2.05, 4.69) is 0 Å². The molecule has 0 N–H and O–H groups in total. The fourth-order valence-electron chi connectivity index (χ4n) is 2.59. The SMILES string of the molecule is COC(=O)c1c(C)n(C)c2cc(C)c(OC)c([N+](=O)[O-])c12. The molecule has 0 aliphatic carbocycles. The van der Waals surface area contributed by atoms with Gasteiger partial charge in [0.15, 0.2) is 0 Å². The van der Waals surface area contributed by atoms with Gasteiger partial charge in [-0.1, -0.05) is 0 Å². The highest BCUT2D eigenvalue weighted by atomic mass is 16.6. The number of nitro groups is 1. The van der Waals surface area contributed by atoms with Crippen LogP contribution in [0.25, 0.3) is 10.9 Å². The van der Waals surface area contributed by atoms with E-state index in [1.54, 1.807) is 31.5 Å². The Bertz CT molecular complexity index is 761. The zero-order valence-electron chi connectivity index (χ0n) is 12.5. The first-order chi connectivity index (χ1) is 9.84. The Labute approximate surface area is 121 Å². The van der Waals surface area contributed by atoms with Gasteiger partial charge in [-0.15, -0.1) is 0 Å². The minimum absolute atomic E-state index is 0.156. The smallest absolute Gasteiger partial charge is 0.340 e. The largest absolute Gasteiger partial charge is 0.490 e. The van der Waals surface area contributed by atoms with Crippen LogP contribution >= 0.6 is 0 Å². The first-order valence-electron chi connectivity index (χ1n) is 6.24. The standard InChI is InChI=1S/C14H16N2O5/c1-7-6-9-11(12(16(18)19)13(7)20-4)10(14(17)21-5)8(2)15(9)3/h6H,1-5H3. The number of hydrogen-bond donors (Lipinski definition) is 0. The molecule has 1 aromatic heterocycles. The average molecular weight is 292 g/mol. The number of fused-ring (bicyclic) bond motifs is 1. The third-order valence-corrected chi connectivity index (χ3v) is 3.67. The van der Waals surface area contributed by atoms with Gasteiger partial charge in [-0.2, -0.15) is 0 Å². The van der Waals surface area contributed by atoms with E-state index in [1.165, 1.54) is 14.2 Å². The number of aryl methyl sites for hydroxylation is 2. The summed E-state index contributed by atoms with van der Waals surface area (Å²) in [7, 11) is 4.37. The zero-order valence-corrected chi connectivity index (χ0v) is 12.5. The fourth-order valence-corrected chi connectivity index (χ4v) is 2.59. The summed E-state index contributed by atoms with van der Waals surface area (Å²) in [5.41, 5.74) is 1.82. The minimum atomic E-state index is -0.605. The van der Waals surface area contributed by atoms with Crippen LogP contribution in [0.1, 0.15) is 21.6 Å². The predicted octanol–water partition coefficient (Wildman–Crippen LogP) is 2.50. The molecule has 0 fully saturated rings. The lowest BCUT2D eigenvalue weighted by Crippen LogP contribution is -2.05. The van der Waals surface area contributed by atoms with Gasteiger partial charge in [0, 0.05) is 18.3 Å². The van der Waals surface area contributed by atoms with E-state index in [0.717, 1.165) is 0 Å². The van der Waals surface area contributed by atoms with Crippen molar-refractivity contribution in [3.05, 3.63) is 33.0 Å². The third-order valence-electron chi connectivity index (χ3n) is 3.67. The van der Waals surface area contributed by atoms with Crippen LogP contribution in [0.15, 0.2) is 6.07 Å². The maximum absolute atomic E-state index is 12.0. The van der Waals surface area contributed by atoms with Crippen molar-refractivity contribution < 1.29 is 19.2 Å². The van der Waals surface area contributed by atoms with Gasteiger partial charge in [0.25, 0.3) is 0 Å². The first kappa shape index (κ1) is 14.8. The van der Waals surface area contributed by atoms with Crippen molar-refractivity contribution in [2.75, 3.05) is 14.2 Å². The van der Waals surface area contributed by atoms with Gasteiger partial charge in [0.1, 0.15) is 0 Å². The molecule has 0 spiro atoms. The second-order valence-corrected chi connectivity index (χ2v) is 4.74. The molecule has 2 rings (SSSR count). The maximum Gasteiger partial charge on any atom is 0.340 e. The Morgan fingerprint density at radius 3 is 2.43 bits per heavy atom. The summed E-state index contributed by atoms with van der Waals surface area (Å²) in [6.07, 6.45) is 0. The minimum Gasteiger partial charge on any atom is -0.490 e. The van der Waals surface area contributed by atoms with E-state index in [1.807, 2.05) is 0 Å². The Morgan fingerprint density at radius 1 is 1.33 bits per heavy atom. The Kier molecular flexibility index (Phi) is 3.59. The van der Waals surface area contributed by atoms with E-state index >= 15 is 0 Å². The summed E-state index contributed by atoms with van der Waals surface area (Å²) in [4.78, 5) is 23.0. The molecular weight excluding hydrogens is 276 g/mol. The van der Waals surface area contributed by atoms with Crippen LogP contribution in [0.2, 0.25) is 0 Å². The molecule has 1 aromatic carbocycles. The molecular formula is C14H16N2O5. The molecule has 0 bridgehead atoms. The number of carbonyl (C=O) groups excluding carboxylic acids is 1. The van der Waals surface area contributed by atoms with Crippen LogP contribution in [-0.4, -0.2) is 29.7 Å². The molecule has 0 amide bonds. The summed E-state index contributed by atoms with van der Waals surface area (Å²) < 4.78 is 11.7. The van der Waals surface area contributed by atoms with Crippen molar-refractivity contribution in [2.45, 2.75) is 13.8 Å². The van der Waals surface area contributed by atoms with Crippen LogP contribution in [0, 0.1) is 24.0 Å². The number of benzene rings is 1. The highest BCUT2D eigenvalue weighted by Crippen LogP contribution is 2.42. The quantitative estimate of drug-likeness (QED) is 0.493. The van der Waals surface area contributed by atoms with E-state index in [0.29, 0.717) is 16.8 Å². The average Bonchev–Trinajstić information content (AvgIpc) is 2.68. The van der Waals surface area contributed by atoms with Crippen molar-refractivity contribution in [3.63, 3.8) is 0 Å². The summed E-state index contributed by atoms with van der Waals surface area (Å²) in [6.45, 7) is 3.45. The highest BCUT2D eigenvalue weighted by molar-refractivity contribution is 6.10. The van der Waals surface area contributed by atoms with E-state index in [-0.39, 0.29) is 22.4 Å². The third kappa shape index (κ3) is 2.01. The van der Waals surface area contributed by atoms with Gasteiger partial charge in [0.05, 0.1) is 35.6 Å². The molecule has 112 valence electrons. The predicted molar refractivity (Wildman–Crippen MR) is 76.9 cm³/mol. The molecule has 0 atom stereocenters. The molecule has 0 saturated carbocycles. The summed E-state index contributed by atoms with van der Waals surface area (Å²) in [5, 5.41) is 11.7. The zero-order chi connectivity index (χ0) is 15.9. The second kappa shape index (κ2) is 5.08. The molecule has 0 aliphatic rings. The van der Waals surface area contributed by atoms with Crippen molar-refractivity contribution in [1.82, 2.24) is 4.57 Å². The fraction of sp³-hybridized carbons (Fsp3) is 0.357. The number of aromatic nitrogens is 1. The molecule has 0 aliphatic heterocycles. The Morgan fingerprint density at radius 2 is 1.95 bits per heavy atom. The number of rotatable bonds is 3. The Balaban J connectivity index is 3.09. The second-order valence-electron chi connectivity index (χ2n) is 4.74. The molecule has 7 nitrogen and oxygen atoms in total. The van der Waals surface area contributed by atoms with Gasteiger partial charge in [-0.05, 0) is 19.9 Å². The number of ether oxygens (including phenoxy) is 2. The Hall–Kier alpha value is -2.57. The van der Waals surface area contributed by atoms with E-state index < -0.39 is 10.9 Å². The number of hydrogen-bond acceptors (Lipinski definition) is 5. The molecule has 2 aromatic rings. The number of carbonyl (C=O) groups is 1. The maximum atomic E-state index is 12.0.